The van der Waals surface area contributed by atoms with Gasteiger partial charge in [-0.1, -0.05) is 36.4 Å². The van der Waals surface area contributed by atoms with E-state index >= 15 is 0 Å². The van der Waals surface area contributed by atoms with Crippen LogP contribution in [-0.4, -0.2) is 31.6 Å². The Bertz CT molecular complexity index is 1250. The summed E-state index contributed by atoms with van der Waals surface area (Å²) in [6, 6.07) is 16.1. The fraction of sp³-hybridized carbons (Fsp3) is 0.0909. The Kier molecular flexibility index (Phi) is 5.23. The number of anilines is 1. The van der Waals surface area contributed by atoms with Crippen molar-refractivity contribution in [2.45, 2.75) is 13.0 Å². The first-order chi connectivity index (χ1) is 14.5. The molecule has 0 aliphatic heterocycles. The monoisotopic (exact) mass is 401 g/mol. The predicted octanol–water partition coefficient (Wildman–Crippen LogP) is 2.73. The summed E-state index contributed by atoms with van der Waals surface area (Å²) in [5.74, 6) is -1.37. The molecular formula is C22H19N5O3. The van der Waals surface area contributed by atoms with E-state index in [1.54, 1.807) is 47.2 Å². The fourth-order valence-corrected chi connectivity index (χ4v) is 3.23. The van der Waals surface area contributed by atoms with E-state index in [1.807, 2.05) is 24.3 Å². The quantitative estimate of drug-likeness (QED) is 0.457. The van der Waals surface area contributed by atoms with Crippen molar-refractivity contribution in [2.24, 2.45) is 5.73 Å². The third-order valence-electron chi connectivity index (χ3n) is 4.67. The Morgan fingerprint density at radius 1 is 1.10 bits per heavy atom. The van der Waals surface area contributed by atoms with Crippen LogP contribution in [0.15, 0.2) is 67.0 Å². The molecule has 8 nitrogen and oxygen atoms in total. The molecule has 0 aliphatic carbocycles. The second kappa shape index (κ2) is 8.14. The van der Waals surface area contributed by atoms with E-state index in [0.717, 1.165) is 11.1 Å². The Hall–Kier alpha value is -4.04. The predicted molar refractivity (Wildman–Crippen MR) is 112 cm³/mol. The Morgan fingerprint density at radius 2 is 1.93 bits per heavy atom. The lowest BCUT2D eigenvalue weighted by Crippen LogP contribution is -2.16. The van der Waals surface area contributed by atoms with Crippen molar-refractivity contribution >= 4 is 23.2 Å². The number of carboxylic acid groups (broad SMARTS) is 1. The summed E-state index contributed by atoms with van der Waals surface area (Å²) in [6.07, 6.45) is 3.04. The summed E-state index contributed by atoms with van der Waals surface area (Å²) in [5.41, 5.74) is 9.81. The maximum absolute atomic E-state index is 13.1. The number of carboxylic acids is 1. The van der Waals surface area contributed by atoms with E-state index in [-0.39, 0.29) is 6.42 Å². The second-order valence-corrected chi connectivity index (χ2v) is 6.72. The first-order valence-corrected chi connectivity index (χ1v) is 9.30. The van der Waals surface area contributed by atoms with Gasteiger partial charge in [0.25, 0.3) is 5.91 Å². The normalized spacial score (nSPS) is 10.8. The van der Waals surface area contributed by atoms with Crippen molar-refractivity contribution in [1.29, 1.82) is 0 Å². The highest BCUT2D eigenvalue weighted by Crippen LogP contribution is 2.23. The van der Waals surface area contributed by atoms with Gasteiger partial charge < -0.3 is 16.2 Å². The van der Waals surface area contributed by atoms with Gasteiger partial charge in [0.1, 0.15) is 0 Å². The number of aromatic nitrogens is 3. The zero-order valence-electron chi connectivity index (χ0n) is 15.9. The molecule has 4 aromatic rings. The van der Waals surface area contributed by atoms with E-state index in [2.05, 4.69) is 15.4 Å². The number of benzene rings is 2. The van der Waals surface area contributed by atoms with Crippen LogP contribution >= 0.6 is 0 Å². The van der Waals surface area contributed by atoms with Gasteiger partial charge in [0.15, 0.2) is 5.65 Å². The molecule has 1 amide bonds. The van der Waals surface area contributed by atoms with Gasteiger partial charge in [-0.15, -0.1) is 0 Å². The van der Waals surface area contributed by atoms with E-state index in [1.165, 1.54) is 0 Å². The zero-order chi connectivity index (χ0) is 21.1. The van der Waals surface area contributed by atoms with Gasteiger partial charge in [-0.3, -0.25) is 9.59 Å². The minimum atomic E-state index is -0.974. The Morgan fingerprint density at radius 3 is 2.73 bits per heavy atom. The van der Waals surface area contributed by atoms with Crippen LogP contribution in [0, 0.1) is 0 Å². The fourth-order valence-electron chi connectivity index (χ4n) is 3.23. The number of carbonyl (C=O) groups excluding carboxylic acids is 1. The van der Waals surface area contributed by atoms with E-state index in [4.69, 9.17) is 10.8 Å². The summed E-state index contributed by atoms with van der Waals surface area (Å²) >= 11 is 0. The van der Waals surface area contributed by atoms with E-state index in [9.17, 15) is 9.59 Å². The third kappa shape index (κ3) is 3.89. The maximum Gasteiger partial charge on any atom is 0.307 e. The number of nitrogens with zero attached hydrogens (tertiary/aromatic N) is 3. The smallest absolute Gasteiger partial charge is 0.307 e. The molecule has 0 atom stereocenters. The number of hydrogen-bond acceptors (Lipinski definition) is 5. The van der Waals surface area contributed by atoms with Crippen LogP contribution in [0.3, 0.4) is 0 Å². The van der Waals surface area contributed by atoms with Gasteiger partial charge in [0.2, 0.25) is 0 Å². The highest BCUT2D eigenvalue weighted by molar-refractivity contribution is 6.09. The average molecular weight is 401 g/mol. The first kappa shape index (κ1) is 19.3. The van der Waals surface area contributed by atoms with E-state index < -0.39 is 11.9 Å². The zero-order valence-corrected chi connectivity index (χ0v) is 15.9. The number of aliphatic carboxylic acids is 1. The second-order valence-electron chi connectivity index (χ2n) is 6.72. The van der Waals surface area contributed by atoms with Crippen LogP contribution in [0.5, 0.6) is 0 Å². The third-order valence-corrected chi connectivity index (χ3v) is 4.67. The Labute approximate surface area is 172 Å². The summed E-state index contributed by atoms with van der Waals surface area (Å²) in [6.45, 7) is 0.398. The van der Waals surface area contributed by atoms with Crippen molar-refractivity contribution in [3.63, 3.8) is 0 Å². The van der Waals surface area contributed by atoms with Crippen molar-refractivity contribution in [1.82, 2.24) is 14.6 Å². The molecule has 0 unspecified atom stereocenters. The molecule has 150 valence electrons. The minimum Gasteiger partial charge on any atom is -0.481 e. The molecule has 4 rings (SSSR count). The SMILES string of the molecule is NCc1cccc(-c2cc(C(=O)Nc3ccccc3CC(=O)O)c3nccn3n2)c1. The lowest BCUT2D eigenvalue weighted by Gasteiger charge is -2.12. The van der Waals surface area contributed by atoms with Crippen LogP contribution in [0.1, 0.15) is 21.5 Å². The van der Waals surface area contributed by atoms with Crippen molar-refractivity contribution in [2.75, 3.05) is 5.32 Å². The summed E-state index contributed by atoms with van der Waals surface area (Å²) in [4.78, 5) is 28.5. The standard InChI is InChI=1S/C22H19N5O3/c23-13-14-4-3-6-15(10-14)19-12-17(21-24-8-9-27(21)26-19)22(30)25-18-7-2-1-5-16(18)11-20(28)29/h1-10,12H,11,13,23H2,(H,25,30)(H,28,29). The molecular weight excluding hydrogens is 382 g/mol. The largest absolute Gasteiger partial charge is 0.481 e. The van der Waals surface area contributed by atoms with Crippen LogP contribution in [0.2, 0.25) is 0 Å². The molecule has 0 aliphatic rings. The summed E-state index contributed by atoms with van der Waals surface area (Å²) in [5, 5.41) is 16.5. The van der Waals surface area contributed by atoms with Crippen molar-refractivity contribution in [3.8, 4) is 11.3 Å². The molecule has 0 spiro atoms. The molecule has 4 N–H and O–H groups in total. The van der Waals surface area contributed by atoms with Crippen LogP contribution < -0.4 is 11.1 Å². The van der Waals surface area contributed by atoms with Gasteiger partial charge in [-0.05, 0) is 29.3 Å². The van der Waals surface area contributed by atoms with Gasteiger partial charge in [-0.2, -0.15) is 5.10 Å². The first-order valence-electron chi connectivity index (χ1n) is 9.30. The minimum absolute atomic E-state index is 0.192. The summed E-state index contributed by atoms with van der Waals surface area (Å²) in [7, 11) is 0. The lowest BCUT2D eigenvalue weighted by molar-refractivity contribution is -0.136. The number of amides is 1. The van der Waals surface area contributed by atoms with Crippen LogP contribution in [0.25, 0.3) is 16.9 Å². The number of fused-ring (bicyclic) bond motifs is 1. The molecule has 0 saturated carbocycles. The number of nitrogens with two attached hydrogens (primary N) is 1. The van der Waals surface area contributed by atoms with Gasteiger partial charge in [-0.25, -0.2) is 9.50 Å². The number of imidazole rings is 1. The number of hydrogen-bond donors (Lipinski definition) is 3. The lowest BCUT2D eigenvalue weighted by atomic mass is 10.1. The van der Waals surface area contributed by atoms with Crippen molar-refractivity contribution in [3.05, 3.63) is 83.7 Å². The number of carbonyl (C=O) groups is 2. The highest BCUT2D eigenvalue weighted by atomic mass is 16.4. The molecule has 0 bridgehead atoms. The van der Waals surface area contributed by atoms with Crippen LogP contribution in [-0.2, 0) is 17.8 Å². The number of para-hydroxylation sites is 1. The van der Waals surface area contributed by atoms with E-state index in [0.29, 0.717) is 34.7 Å². The molecule has 8 heteroatoms. The summed E-state index contributed by atoms with van der Waals surface area (Å²) < 4.78 is 1.54. The van der Waals surface area contributed by atoms with Crippen molar-refractivity contribution < 1.29 is 14.7 Å². The molecule has 2 heterocycles. The van der Waals surface area contributed by atoms with Crippen LogP contribution in [0.4, 0.5) is 5.69 Å². The number of nitrogens with one attached hydrogen (secondary N) is 1. The molecule has 0 saturated heterocycles. The van der Waals surface area contributed by atoms with Gasteiger partial charge in [0, 0.05) is 30.2 Å². The van der Waals surface area contributed by atoms with Gasteiger partial charge >= 0.3 is 5.97 Å². The highest BCUT2D eigenvalue weighted by Gasteiger charge is 2.17. The molecule has 0 fully saturated rings. The molecule has 2 aromatic heterocycles. The molecule has 2 aromatic carbocycles. The molecule has 30 heavy (non-hydrogen) atoms. The molecule has 0 radical (unpaired) electrons. The Balaban J connectivity index is 1.74. The van der Waals surface area contributed by atoms with Gasteiger partial charge in [0.05, 0.1) is 17.7 Å². The topological polar surface area (TPSA) is 123 Å². The maximum atomic E-state index is 13.1. The average Bonchev–Trinajstić information content (AvgIpc) is 3.23. The number of rotatable bonds is 6.